The first kappa shape index (κ1) is 48.8. The molecular formula is C57H80O5. The summed E-state index contributed by atoms with van der Waals surface area (Å²) in [6.45, 7) is 40.8. The maximum absolute atomic E-state index is 14.0. The zero-order valence-corrected chi connectivity index (χ0v) is 42.0. The summed E-state index contributed by atoms with van der Waals surface area (Å²) in [7, 11) is 0. The predicted octanol–water partition coefficient (Wildman–Crippen LogP) is 15.3. The molecule has 0 aliphatic heterocycles. The molecule has 4 aromatic rings. The fraction of sp³-hybridized carbons (Fsp3) is 0.561. The smallest absolute Gasteiger partial charge is 0.320 e. The van der Waals surface area contributed by atoms with Gasteiger partial charge in [0.05, 0.1) is 0 Å². The largest absolute Gasteiger partial charge is 0.487 e. The molecule has 5 heteroatoms. The summed E-state index contributed by atoms with van der Waals surface area (Å²) < 4.78 is 25.9. The van der Waals surface area contributed by atoms with Crippen LogP contribution in [-0.4, -0.2) is 22.8 Å². The molecule has 1 atom stereocenters. The summed E-state index contributed by atoms with van der Waals surface area (Å²) in [6, 6.07) is 29.7. The van der Waals surface area contributed by atoms with Gasteiger partial charge < -0.3 is 18.9 Å². The van der Waals surface area contributed by atoms with Crippen LogP contribution in [0.3, 0.4) is 0 Å². The van der Waals surface area contributed by atoms with Gasteiger partial charge in [-0.05, 0) is 158 Å². The summed E-state index contributed by atoms with van der Waals surface area (Å²) in [5, 5.41) is 0. The van der Waals surface area contributed by atoms with Crippen molar-refractivity contribution in [1.82, 2.24) is 0 Å². The molecule has 1 unspecified atom stereocenters. The predicted molar refractivity (Wildman–Crippen MR) is 258 cm³/mol. The summed E-state index contributed by atoms with van der Waals surface area (Å²) in [5.74, 6) is 3.24. The summed E-state index contributed by atoms with van der Waals surface area (Å²) in [4.78, 5) is 14.0. The highest BCUT2D eigenvalue weighted by atomic mass is 16.5. The van der Waals surface area contributed by atoms with Gasteiger partial charge in [-0.15, -0.1) is 0 Å². The van der Waals surface area contributed by atoms with Gasteiger partial charge in [-0.25, -0.2) is 0 Å². The van der Waals surface area contributed by atoms with Crippen LogP contribution in [0, 0.1) is 36.0 Å². The highest BCUT2D eigenvalue weighted by molar-refractivity contribution is 5.80. The number of esters is 1. The van der Waals surface area contributed by atoms with E-state index in [0.29, 0.717) is 11.7 Å². The van der Waals surface area contributed by atoms with Gasteiger partial charge in [-0.3, -0.25) is 4.79 Å². The van der Waals surface area contributed by atoms with Crippen LogP contribution in [-0.2, 0) is 15.6 Å². The quantitative estimate of drug-likeness (QED) is 0.0935. The molecule has 5 nitrogen and oxygen atoms in total. The lowest BCUT2D eigenvalue weighted by Crippen LogP contribution is -2.51. The molecule has 1 aliphatic carbocycles. The number of aryl methyl sites for hydroxylation is 2. The van der Waals surface area contributed by atoms with Crippen molar-refractivity contribution in [3.63, 3.8) is 0 Å². The molecule has 0 bridgehead atoms. The Balaban J connectivity index is 1.31. The van der Waals surface area contributed by atoms with Crippen LogP contribution in [0.25, 0.3) is 0 Å². The van der Waals surface area contributed by atoms with Crippen LogP contribution in [0.4, 0.5) is 0 Å². The highest BCUT2D eigenvalue weighted by Crippen LogP contribution is 2.49. The van der Waals surface area contributed by atoms with E-state index in [1.807, 2.05) is 52.0 Å². The molecule has 0 heterocycles. The Bertz CT molecular complexity index is 2180. The van der Waals surface area contributed by atoms with Crippen molar-refractivity contribution in [1.29, 1.82) is 0 Å². The third-order valence-corrected chi connectivity index (χ3v) is 15.8. The molecule has 0 spiro atoms. The third-order valence-electron chi connectivity index (χ3n) is 15.8. The maximum atomic E-state index is 14.0. The van der Waals surface area contributed by atoms with E-state index in [1.54, 1.807) is 0 Å². The minimum atomic E-state index is -0.983. The van der Waals surface area contributed by atoms with E-state index < -0.39 is 11.0 Å². The minimum absolute atomic E-state index is 0.00785. The summed E-state index contributed by atoms with van der Waals surface area (Å²) in [5.41, 5.74) is 4.10. The van der Waals surface area contributed by atoms with E-state index in [-0.39, 0.29) is 38.8 Å². The molecule has 0 amide bonds. The zero-order chi connectivity index (χ0) is 46.5. The van der Waals surface area contributed by atoms with E-state index >= 15 is 0 Å². The van der Waals surface area contributed by atoms with E-state index in [4.69, 9.17) is 18.9 Å². The Kier molecular flexibility index (Phi) is 13.4. The fourth-order valence-electron chi connectivity index (χ4n) is 8.12. The number of hydrogen-bond acceptors (Lipinski definition) is 5. The highest BCUT2D eigenvalue weighted by Gasteiger charge is 2.48. The lowest BCUT2D eigenvalue weighted by atomic mass is 9.66. The molecule has 62 heavy (non-hydrogen) atoms. The monoisotopic (exact) mass is 845 g/mol. The summed E-state index contributed by atoms with van der Waals surface area (Å²) >= 11 is 0. The van der Waals surface area contributed by atoms with Crippen LogP contribution < -0.4 is 18.9 Å². The number of hydrogen-bond donors (Lipinski definition) is 0. The van der Waals surface area contributed by atoms with E-state index in [2.05, 4.69) is 165 Å². The van der Waals surface area contributed by atoms with Crippen LogP contribution in [0.2, 0.25) is 0 Å². The van der Waals surface area contributed by atoms with Gasteiger partial charge in [0, 0.05) is 21.7 Å². The molecule has 5 rings (SSSR count). The number of rotatable bonds is 14. The lowest BCUT2D eigenvalue weighted by Gasteiger charge is -2.41. The number of carbonyl (C=O) groups excluding carboxylic acids is 1. The van der Waals surface area contributed by atoms with Crippen molar-refractivity contribution >= 4 is 5.97 Å². The van der Waals surface area contributed by atoms with Crippen molar-refractivity contribution < 1.29 is 23.7 Å². The molecule has 1 saturated carbocycles. The molecule has 1 aliphatic rings. The molecule has 1 fully saturated rings. The molecule has 0 saturated heterocycles. The van der Waals surface area contributed by atoms with Crippen molar-refractivity contribution in [3.05, 3.63) is 118 Å². The Morgan fingerprint density at radius 2 is 0.839 bits per heavy atom. The minimum Gasteiger partial charge on any atom is -0.487 e. The van der Waals surface area contributed by atoms with Gasteiger partial charge in [0.1, 0.15) is 45.2 Å². The van der Waals surface area contributed by atoms with Gasteiger partial charge in [-0.2, -0.15) is 0 Å². The Morgan fingerprint density at radius 3 is 1.24 bits per heavy atom. The van der Waals surface area contributed by atoms with Crippen LogP contribution >= 0.6 is 0 Å². The van der Waals surface area contributed by atoms with E-state index in [9.17, 15) is 4.79 Å². The van der Waals surface area contributed by atoms with Gasteiger partial charge in [0.2, 0.25) is 0 Å². The molecule has 0 N–H and O–H groups in total. The van der Waals surface area contributed by atoms with Gasteiger partial charge in [-0.1, -0.05) is 124 Å². The van der Waals surface area contributed by atoms with Crippen molar-refractivity contribution in [2.45, 2.75) is 185 Å². The maximum Gasteiger partial charge on any atom is 0.320 e. The molecule has 4 aromatic carbocycles. The van der Waals surface area contributed by atoms with Crippen molar-refractivity contribution in [3.8, 4) is 23.0 Å². The van der Waals surface area contributed by atoms with Crippen LogP contribution in [0.15, 0.2) is 84.9 Å². The second-order valence-electron chi connectivity index (χ2n) is 23.2. The van der Waals surface area contributed by atoms with E-state index in [0.717, 1.165) is 33.9 Å². The molecule has 338 valence electrons. The Hall–Kier alpha value is -4.25. The van der Waals surface area contributed by atoms with Crippen LogP contribution in [0.1, 0.15) is 177 Å². The second-order valence-corrected chi connectivity index (χ2v) is 23.2. The van der Waals surface area contributed by atoms with Crippen molar-refractivity contribution in [2.24, 2.45) is 22.2 Å². The third kappa shape index (κ3) is 9.78. The molecule has 0 aromatic heterocycles. The fourth-order valence-corrected chi connectivity index (χ4v) is 8.12. The van der Waals surface area contributed by atoms with Crippen molar-refractivity contribution in [2.75, 3.05) is 0 Å². The Morgan fingerprint density at radius 1 is 0.468 bits per heavy atom. The zero-order valence-electron chi connectivity index (χ0n) is 42.0. The first-order valence-electron chi connectivity index (χ1n) is 23.1. The second kappa shape index (κ2) is 17.0. The normalized spacial score (nSPS) is 15.9. The average molecular weight is 845 g/mol. The first-order valence-corrected chi connectivity index (χ1v) is 23.1. The number of benzene rings is 4. The summed E-state index contributed by atoms with van der Waals surface area (Å²) in [6.07, 6.45) is 4.91. The number of carbonyl (C=O) groups is 1. The molecular weight excluding hydrogens is 765 g/mol. The van der Waals surface area contributed by atoms with Gasteiger partial charge >= 0.3 is 5.97 Å². The van der Waals surface area contributed by atoms with Gasteiger partial charge in [0.15, 0.2) is 0 Å². The first-order chi connectivity index (χ1) is 28.3. The lowest BCUT2D eigenvalue weighted by molar-refractivity contribution is -0.155. The SMILES string of the molecule is Cc1cc(C(C)(c2ccc(OC(C)(C)C(C)(C)C(=O)Oc3ccc(C(C)(C)c4ccc(OC(C)(C)C(C)(C)C)cc4)cc3)c(C)c2)C2CCCC2)ccc1OC(C)(C)C(C)(C)C. The number of ether oxygens (including phenoxy) is 4. The van der Waals surface area contributed by atoms with E-state index in [1.165, 1.54) is 42.4 Å². The standard InChI is InChI=1S/C57H80O5/c1-38-36-43(28-34-47(38)61-55(15,16)51(6,7)8)57(19,42-22-20-21-23-42)44-29-35-48(39(2)37-44)62-56(17,18)53(11,12)49(58)59-45-30-24-40(25-31-45)52(9,10)41-26-32-46(33-27-41)60-54(13,14)50(3,4)5/h24-37,42H,20-23H2,1-19H3. The average Bonchev–Trinajstić information content (AvgIpc) is 3.71. The molecule has 0 radical (unpaired) electrons. The topological polar surface area (TPSA) is 54.0 Å². The Labute approximate surface area is 376 Å². The van der Waals surface area contributed by atoms with Gasteiger partial charge in [0.25, 0.3) is 0 Å². The van der Waals surface area contributed by atoms with Crippen LogP contribution in [0.5, 0.6) is 23.0 Å².